The van der Waals surface area contributed by atoms with E-state index in [1.165, 1.54) is 12.1 Å². The Bertz CT molecular complexity index is 1400. The van der Waals surface area contributed by atoms with Crippen molar-refractivity contribution in [3.63, 3.8) is 0 Å². The Hall–Kier alpha value is -2.89. The van der Waals surface area contributed by atoms with Crippen LogP contribution < -0.4 is 5.32 Å². The number of anilines is 1. The molecule has 6 nitrogen and oxygen atoms in total. The van der Waals surface area contributed by atoms with E-state index in [-0.39, 0.29) is 11.4 Å². The van der Waals surface area contributed by atoms with Crippen molar-refractivity contribution in [2.75, 3.05) is 11.9 Å². The second-order valence-electron chi connectivity index (χ2n) is 8.65. The molecule has 3 aromatic rings. The van der Waals surface area contributed by atoms with Crippen LogP contribution in [0.5, 0.6) is 0 Å². The van der Waals surface area contributed by atoms with Gasteiger partial charge in [0.2, 0.25) is 15.9 Å². The molecule has 0 saturated heterocycles. The molecular formula is C26H23Cl2N3O3S. The molecule has 180 valence electrons. The summed E-state index contributed by atoms with van der Waals surface area (Å²) in [6, 6.07) is 20.7. The van der Waals surface area contributed by atoms with E-state index in [9.17, 15) is 18.5 Å². The number of nitrogens with zero attached hydrogens (tertiary/aromatic N) is 2. The topological polar surface area (TPSA) is 90.3 Å². The fourth-order valence-electron chi connectivity index (χ4n) is 3.75. The summed E-state index contributed by atoms with van der Waals surface area (Å²) in [6.07, 6.45) is 1.66. The fourth-order valence-corrected chi connectivity index (χ4v) is 5.46. The molecule has 1 aliphatic carbocycles. The highest BCUT2D eigenvalue weighted by atomic mass is 35.5. The first-order valence-electron chi connectivity index (χ1n) is 11.0. The van der Waals surface area contributed by atoms with E-state index >= 15 is 0 Å². The molecule has 1 saturated carbocycles. The number of nitrogens with one attached hydrogen (secondary N) is 1. The lowest BCUT2D eigenvalue weighted by Crippen LogP contribution is -2.37. The molecule has 1 fully saturated rings. The number of rotatable bonds is 8. The SMILES string of the molecule is Cc1ccc(S(=O)(=O)N(CC(=O)Nc2ccc(C3(C#N)CC3)cc2)Cc2ccc(Cl)c(Cl)c2)cc1. The van der Waals surface area contributed by atoms with Crippen molar-refractivity contribution < 1.29 is 13.2 Å². The quantitative estimate of drug-likeness (QED) is 0.407. The van der Waals surface area contributed by atoms with Gasteiger partial charge in [-0.2, -0.15) is 9.57 Å². The highest BCUT2D eigenvalue weighted by molar-refractivity contribution is 7.89. The molecule has 1 aliphatic rings. The van der Waals surface area contributed by atoms with Crippen LogP contribution >= 0.6 is 23.2 Å². The Morgan fingerprint density at radius 2 is 1.69 bits per heavy atom. The van der Waals surface area contributed by atoms with E-state index in [2.05, 4.69) is 11.4 Å². The summed E-state index contributed by atoms with van der Waals surface area (Å²) in [6.45, 7) is 1.40. The van der Waals surface area contributed by atoms with E-state index < -0.39 is 27.9 Å². The second-order valence-corrected chi connectivity index (χ2v) is 11.4. The first kappa shape index (κ1) is 25.2. The van der Waals surface area contributed by atoms with Crippen LogP contribution in [-0.4, -0.2) is 25.2 Å². The third-order valence-corrected chi connectivity index (χ3v) is 8.55. The average molecular weight is 528 g/mol. The van der Waals surface area contributed by atoms with E-state index in [1.807, 2.05) is 19.1 Å². The summed E-state index contributed by atoms with van der Waals surface area (Å²) in [5.41, 5.74) is 2.54. The number of halogens is 2. The minimum absolute atomic E-state index is 0.0653. The van der Waals surface area contributed by atoms with Gasteiger partial charge in [-0.3, -0.25) is 4.79 Å². The molecule has 0 unspecified atom stereocenters. The van der Waals surface area contributed by atoms with Gasteiger partial charge in [0.25, 0.3) is 0 Å². The third kappa shape index (κ3) is 5.68. The summed E-state index contributed by atoms with van der Waals surface area (Å²) in [5.74, 6) is -0.491. The van der Waals surface area contributed by atoms with Crippen LogP contribution in [0.15, 0.2) is 71.6 Å². The Morgan fingerprint density at radius 3 is 2.26 bits per heavy atom. The molecule has 0 atom stereocenters. The molecule has 4 rings (SSSR count). The van der Waals surface area contributed by atoms with Crippen molar-refractivity contribution in [1.82, 2.24) is 4.31 Å². The zero-order valence-corrected chi connectivity index (χ0v) is 21.3. The molecule has 0 spiro atoms. The highest BCUT2D eigenvalue weighted by Gasteiger charge is 2.44. The minimum atomic E-state index is -3.99. The molecule has 0 heterocycles. The van der Waals surface area contributed by atoms with Crippen LogP contribution in [0.1, 0.15) is 29.5 Å². The molecular weight excluding hydrogens is 505 g/mol. The van der Waals surface area contributed by atoms with E-state index in [0.717, 1.165) is 28.3 Å². The monoisotopic (exact) mass is 527 g/mol. The van der Waals surface area contributed by atoms with Gasteiger partial charge in [-0.05, 0) is 67.3 Å². The third-order valence-electron chi connectivity index (χ3n) is 6.01. The molecule has 3 aromatic carbocycles. The Balaban J connectivity index is 1.55. The van der Waals surface area contributed by atoms with Crippen LogP contribution in [0.3, 0.4) is 0 Å². The van der Waals surface area contributed by atoms with Crippen molar-refractivity contribution in [3.8, 4) is 6.07 Å². The van der Waals surface area contributed by atoms with Gasteiger partial charge in [-0.25, -0.2) is 8.42 Å². The Morgan fingerprint density at radius 1 is 1.03 bits per heavy atom. The van der Waals surface area contributed by atoms with Gasteiger partial charge >= 0.3 is 0 Å². The van der Waals surface area contributed by atoms with Gasteiger partial charge in [0.1, 0.15) is 0 Å². The van der Waals surface area contributed by atoms with Crippen LogP contribution in [0.4, 0.5) is 5.69 Å². The first-order valence-corrected chi connectivity index (χ1v) is 13.1. The summed E-state index contributed by atoms with van der Waals surface area (Å²) in [7, 11) is -3.99. The zero-order valence-electron chi connectivity index (χ0n) is 19.0. The largest absolute Gasteiger partial charge is 0.325 e. The smallest absolute Gasteiger partial charge is 0.243 e. The summed E-state index contributed by atoms with van der Waals surface area (Å²) in [4.78, 5) is 13.0. The molecule has 1 N–H and O–H groups in total. The molecule has 35 heavy (non-hydrogen) atoms. The molecule has 1 amide bonds. The maximum Gasteiger partial charge on any atom is 0.243 e. The number of hydrogen-bond acceptors (Lipinski definition) is 4. The van der Waals surface area contributed by atoms with E-state index in [0.29, 0.717) is 21.3 Å². The lowest BCUT2D eigenvalue weighted by Gasteiger charge is -2.22. The molecule has 0 radical (unpaired) electrons. The number of sulfonamides is 1. The molecule has 0 aliphatic heterocycles. The highest BCUT2D eigenvalue weighted by Crippen LogP contribution is 2.47. The Labute approximate surface area is 215 Å². The summed E-state index contributed by atoms with van der Waals surface area (Å²) in [5, 5.41) is 12.8. The Kier molecular flexibility index (Phi) is 7.20. The van der Waals surface area contributed by atoms with Gasteiger partial charge in [0.15, 0.2) is 0 Å². The van der Waals surface area contributed by atoms with Crippen LogP contribution in [0.25, 0.3) is 0 Å². The minimum Gasteiger partial charge on any atom is -0.325 e. The van der Waals surface area contributed by atoms with Crippen molar-refractivity contribution in [2.24, 2.45) is 0 Å². The van der Waals surface area contributed by atoms with Gasteiger partial charge in [-0.1, -0.05) is 59.1 Å². The number of hydrogen-bond donors (Lipinski definition) is 1. The predicted octanol–water partition coefficient (Wildman–Crippen LogP) is 5.69. The van der Waals surface area contributed by atoms with Crippen molar-refractivity contribution in [1.29, 1.82) is 5.26 Å². The second kappa shape index (κ2) is 10.00. The van der Waals surface area contributed by atoms with Gasteiger partial charge in [0, 0.05) is 12.2 Å². The number of amides is 1. The van der Waals surface area contributed by atoms with E-state index in [1.54, 1.807) is 42.5 Å². The number of aryl methyl sites for hydroxylation is 1. The normalized spacial score (nSPS) is 14.4. The van der Waals surface area contributed by atoms with Gasteiger partial charge in [-0.15, -0.1) is 0 Å². The van der Waals surface area contributed by atoms with Crippen molar-refractivity contribution in [2.45, 2.75) is 36.6 Å². The molecule has 0 bridgehead atoms. The summed E-state index contributed by atoms with van der Waals surface area (Å²) >= 11 is 12.1. The summed E-state index contributed by atoms with van der Waals surface area (Å²) < 4.78 is 28.0. The van der Waals surface area contributed by atoms with Crippen molar-refractivity contribution >= 4 is 44.8 Å². The van der Waals surface area contributed by atoms with Crippen LogP contribution in [0.2, 0.25) is 10.0 Å². The lowest BCUT2D eigenvalue weighted by atomic mass is 9.98. The van der Waals surface area contributed by atoms with Gasteiger partial charge < -0.3 is 5.32 Å². The number of benzene rings is 3. The number of nitriles is 1. The number of carbonyl (C=O) groups is 1. The maximum atomic E-state index is 13.4. The standard InChI is InChI=1S/C26H23Cl2N3O3S/c1-18-2-9-22(10-3-18)35(33,34)31(15-19-4-11-23(27)24(28)14-19)16-25(32)30-21-7-5-20(6-8-21)26(17-29)12-13-26/h2-11,14H,12-13,15-16H2,1H3,(H,30,32). The van der Waals surface area contributed by atoms with Crippen LogP contribution in [0, 0.1) is 18.3 Å². The lowest BCUT2D eigenvalue weighted by molar-refractivity contribution is -0.116. The maximum absolute atomic E-state index is 13.4. The van der Waals surface area contributed by atoms with Gasteiger partial charge in [0.05, 0.1) is 33.0 Å². The first-order chi connectivity index (χ1) is 16.6. The molecule has 9 heteroatoms. The molecule has 0 aromatic heterocycles. The van der Waals surface area contributed by atoms with Crippen molar-refractivity contribution in [3.05, 3.63) is 93.5 Å². The van der Waals surface area contributed by atoms with Crippen LogP contribution in [-0.2, 0) is 26.8 Å². The average Bonchev–Trinajstić information content (AvgIpc) is 3.63. The number of carbonyl (C=O) groups excluding carboxylic acids is 1. The van der Waals surface area contributed by atoms with E-state index in [4.69, 9.17) is 23.2 Å². The zero-order chi connectivity index (χ0) is 25.2. The fraction of sp³-hybridized carbons (Fsp3) is 0.231. The predicted molar refractivity (Wildman–Crippen MR) is 137 cm³/mol.